The molecule has 4 rings (SSSR count). The average molecular weight is 415 g/mol. The van der Waals surface area contributed by atoms with Gasteiger partial charge < -0.3 is 16.0 Å². The van der Waals surface area contributed by atoms with Gasteiger partial charge in [0.25, 0.3) is 11.8 Å². The number of anilines is 4. The summed E-state index contributed by atoms with van der Waals surface area (Å²) in [6.45, 7) is 0. The molecule has 2 aromatic heterocycles. The van der Waals surface area contributed by atoms with Crippen LogP contribution in [0.2, 0.25) is 0 Å². The first-order valence-electron chi connectivity index (χ1n) is 9.08. The Balaban J connectivity index is 1.44. The molecule has 2 heterocycles. The third-order valence-corrected chi connectivity index (χ3v) is 4.94. The SMILES string of the molecule is O=C(Nc1cccc(NC(=O)c2cccs2)c1)c1cccc(Nc2ncccn2)c1. The van der Waals surface area contributed by atoms with Crippen molar-refractivity contribution in [2.24, 2.45) is 0 Å². The van der Waals surface area contributed by atoms with Crippen molar-refractivity contribution in [3.05, 3.63) is 94.9 Å². The van der Waals surface area contributed by atoms with Crippen LogP contribution in [0.1, 0.15) is 20.0 Å². The van der Waals surface area contributed by atoms with Crippen LogP contribution in [-0.4, -0.2) is 21.8 Å². The van der Waals surface area contributed by atoms with Gasteiger partial charge in [0.05, 0.1) is 4.88 Å². The summed E-state index contributed by atoms with van der Waals surface area (Å²) in [5, 5.41) is 10.6. The van der Waals surface area contributed by atoms with E-state index in [1.165, 1.54) is 11.3 Å². The van der Waals surface area contributed by atoms with E-state index in [1.54, 1.807) is 67.0 Å². The van der Waals surface area contributed by atoms with Crippen LogP contribution in [0, 0.1) is 0 Å². The molecule has 0 aliphatic carbocycles. The number of hydrogen-bond acceptors (Lipinski definition) is 6. The fourth-order valence-corrected chi connectivity index (χ4v) is 3.33. The first kappa shape index (κ1) is 19.3. The minimum Gasteiger partial charge on any atom is -0.324 e. The number of aromatic nitrogens is 2. The summed E-state index contributed by atoms with van der Waals surface area (Å²) >= 11 is 1.37. The van der Waals surface area contributed by atoms with E-state index in [2.05, 4.69) is 25.9 Å². The predicted molar refractivity (Wildman–Crippen MR) is 118 cm³/mol. The summed E-state index contributed by atoms with van der Waals surface area (Å²) in [6.07, 6.45) is 3.27. The normalized spacial score (nSPS) is 10.3. The van der Waals surface area contributed by atoms with E-state index in [4.69, 9.17) is 0 Å². The van der Waals surface area contributed by atoms with Gasteiger partial charge in [-0.25, -0.2) is 9.97 Å². The molecule has 0 aliphatic heterocycles. The summed E-state index contributed by atoms with van der Waals surface area (Å²) in [6, 6.07) is 19.4. The molecular weight excluding hydrogens is 398 g/mol. The molecule has 2 amide bonds. The van der Waals surface area contributed by atoms with Gasteiger partial charge in [0.2, 0.25) is 5.95 Å². The molecule has 4 aromatic rings. The van der Waals surface area contributed by atoms with Crippen LogP contribution in [0.25, 0.3) is 0 Å². The molecule has 0 bridgehead atoms. The smallest absolute Gasteiger partial charge is 0.265 e. The number of benzene rings is 2. The molecule has 148 valence electrons. The Labute approximate surface area is 176 Å². The highest BCUT2D eigenvalue weighted by Crippen LogP contribution is 2.20. The number of nitrogens with zero attached hydrogens (tertiary/aromatic N) is 2. The van der Waals surface area contributed by atoms with E-state index in [9.17, 15) is 9.59 Å². The maximum absolute atomic E-state index is 12.7. The fraction of sp³-hybridized carbons (Fsp3) is 0. The Morgan fingerprint density at radius 1 is 0.733 bits per heavy atom. The van der Waals surface area contributed by atoms with Crippen LogP contribution in [-0.2, 0) is 0 Å². The van der Waals surface area contributed by atoms with Crippen molar-refractivity contribution in [2.45, 2.75) is 0 Å². The molecule has 3 N–H and O–H groups in total. The molecule has 0 spiro atoms. The Hall–Kier alpha value is -4.04. The predicted octanol–water partition coefficient (Wildman–Crippen LogP) is 4.79. The Morgan fingerprint density at radius 3 is 2.17 bits per heavy atom. The summed E-state index contributed by atoms with van der Waals surface area (Å²) in [5.41, 5.74) is 2.35. The Morgan fingerprint density at radius 2 is 1.43 bits per heavy atom. The standard InChI is InChI=1S/C22H17N5O2S/c28-20(15-5-1-6-16(13-15)27-22-23-10-4-11-24-22)25-17-7-2-8-18(14-17)26-21(29)19-9-3-12-30-19/h1-14H,(H,25,28)(H,26,29)(H,23,24,27). The number of amides is 2. The lowest BCUT2D eigenvalue weighted by Crippen LogP contribution is -2.13. The number of rotatable bonds is 6. The summed E-state index contributed by atoms with van der Waals surface area (Å²) < 4.78 is 0. The molecule has 30 heavy (non-hydrogen) atoms. The van der Waals surface area contributed by atoms with Crippen LogP contribution in [0.3, 0.4) is 0 Å². The molecule has 0 atom stereocenters. The maximum Gasteiger partial charge on any atom is 0.265 e. The van der Waals surface area contributed by atoms with Crippen LogP contribution >= 0.6 is 11.3 Å². The lowest BCUT2D eigenvalue weighted by Gasteiger charge is -2.10. The third-order valence-electron chi connectivity index (χ3n) is 4.07. The van der Waals surface area contributed by atoms with Gasteiger partial charge in [0.1, 0.15) is 0 Å². The zero-order valence-electron chi connectivity index (χ0n) is 15.7. The zero-order chi connectivity index (χ0) is 20.8. The lowest BCUT2D eigenvalue weighted by atomic mass is 10.1. The highest BCUT2D eigenvalue weighted by molar-refractivity contribution is 7.12. The van der Waals surface area contributed by atoms with Gasteiger partial charge >= 0.3 is 0 Å². The van der Waals surface area contributed by atoms with Gasteiger partial charge in [0, 0.05) is 35.0 Å². The second-order valence-corrected chi connectivity index (χ2v) is 7.19. The third kappa shape index (κ3) is 4.86. The van der Waals surface area contributed by atoms with Crippen LogP contribution in [0.5, 0.6) is 0 Å². The monoisotopic (exact) mass is 415 g/mol. The fourth-order valence-electron chi connectivity index (χ4n) is 2.71. The van der Waals surface area contributed by atoms with Gasteiger partial charge in [0.15, 0.2) is 0 Å². The van der Waals surface area contributed by atoms with Gasteiger partial charge in [-0.3, -0.25) is 9.59 Å². The highest BCUT2D eigenvalue weighted by Gasteiger charge is 2.10. The van der Waals surface area contributed by atoms with E-state index in [-0.39, 0.29) is 11.8 Å². The zero-order valence-corrected chi connectivity index (χ0v) is 16.5. The van der Waals surface area contributed by atoms with Gasteiger partial charge in [-0.05, 0) is 53.9 Å². The molecule has 2 aromatic carbocycles. The average Bonchev–Trinajstić information content (AvgIpc) is 3.30. The molecule has 0 saturated heterocycles. The highest BCUT2D eigenvalue weighted by atomic mass is 32.1. The van der Waals surface area contributed by atoms with Gasteiger partial charge in [-0.1, -0.05) is 18.2 Å². The quantitative estimate of drug-likeness (QED) is 0.421. The van der Waals surface area contributed by atoms with Gasteiger partial charge in [-0.15, -0.1) is 11.3 Å². The van der Waals surface area contributed by atoms with Gasteiger partial charge in [-0.2, -0.15) is 0 Å². The van der Waals surface area contributed by atoms with Crippen molar-refractivity contribution < 1.29 is 9.59 Å². The van der Waals surface area contributed by atoms with Crippen molar-refractivity contribution in [1.82, 2.24) is 9.97 Å². The first-order chi connectivity index (χ1) is 14.7. The van der Waals surface area contributed by atoms with Crippen molar-refractivity contribution in [1.29, 1.82) is 0 Å². The molecule has 0 unspecified atom stereocenters. The Bertz CT molecular complexity index is 1160. The first-order valence-corrected chi connectivity index (χ1v) is 9.96. The van der Waals surface area contributed by atoms with Crippen LogP contribution in [0.4, 0.5) is 23.0 Å². The summed E-state index contributed by atoms with van der Waals surface area (Å²) in [5.74, 6) is -0.00557. The maximum atomic E-state index is 12.7. The summed E-state index contributed by atoms with van der Waals surface area (Å²) in [4.78, 5) is 33.7. The number of hydrogen-bond donors (Lipinski definition) is 3. The molecule has 0 saturated carbocycles. The van der Waals surface area contributed by atoms with Crippen LogP contribution < -0.4 is 16.0 Å². The topological polar surface area (TPSA) is 96.0 Å². The molecule has 0 fully saturated rings. The van der Waals surface area contributed by atoms with Crippen molar-refractivity contribution >= 4 is 46.2 Å². The molecule has 0 aliphatic rings. The second kappa shape index (κ2) is 8.97. The minimum atomic E-state index is -0.269. The largest absolute Gasteiger partial charge is 0.324 e. The molecule has 8 heteroatoms. The van der Waals surface area contributed by atoms with E-state index < -0.39 is 0 Å². The van der Waals surface area contributed by atoms with Crippen LogP contribution in [0.15, 0.2) is 84.5 Å². The van der Waals surface area contributed by atoms with E-state index in [0.717, 1.165) is 0 Å². The minimum absolute atomic E-state index is 0.185. The van der Waals surface area contributed by atoms with Crippen molar-refractivity contribution in [3.8, 4) is 0 Å². The van der Waals surface area contributed by atoms with Crippen molar-refractivity contribution in [2.75, 3.05) is 16.0 Å². The number of carbonyl (C=O) groups excluding carboxylic acids is 2. The van der Waals surface area contributed by atoms with E-state index >= 15 is 0 Å². The second-order valence-electron chi connectivity index (χ2n) is 6.24. The van der Waals surface area contributed by atoms with Crippen molar-refractivity contribution in [3.63, 3.8) is 0 Å². The number of thiophene rings is 1. The molecular formula is C22H17N5O2S. The molecule has 0 radical (unpaired) electrons. The Kier molecular flexibility index (Phi) is 5.77. The number of carbonyl (C=O) groups is 2. The molecule has 7 nitrogen and oxygen atoms in total. The number of nitrogens with one attached hydrogen (secondary N) is 3. The lowest BCUT2D eigenvalue weighted by molar-refractivity contribution is 0.102. The summed E-state index contributed by atoms with van der Waals surface area (Å²) in [7, 11) is 0. The van der Waals surface area contributed by atoms with E-state index in [0.29, 0.717) is 33.5 Å². The van der Waals surface area contributed by atoms with E-state index in [1.807, 2.05) is 17.5 Å².